The molecule has 5 aromatic rings. The fourth-order valence-electron chi connectivity index (χ4n) is 4.69. The number of benzene rings is 2. The van der Waals surface area contributed by atoms with Crippen LogP contribution in [0.5, 0.6) is 0 Å². The Labute approximate surface area is 216 Å². The highest BCUT2D eigenvalue weighted by molar-refractivity contribution is 5.78. The molecule has 0 aliphatic heterocycles. The molecule has 8 heteroatoms. The van der Waals surface area contributed by atoms with Crippen LogP contribution in [-0.4, -0.2) is 34.7 Å². The molecule has 3 aromatic heterocycles. The van der Waals surface area contributed by atoms with Gasteiger partial charge in [0, 0.05) is 35.8 Å². The molecule has 0 aliphatic carbocycles. The molecule has 3 heterocycles. The summed E-state index contributed by atoms with van der Waals surface area (Å²) in [5.41, 5.74) is 6.98. The Morgan fingerprint density at radius 3 is 2.46 bits per heavy atom. The first-order chi connectivity index (χ1) is 18.2. The summed E-state index contributed by atoms with van der Waals surface area (Å²) in [6, 6.07) is 20.1. The first kappa shape index (κ1) is 24.4. The minimum Gasteiger partial charge on any atom is -0.296 e. The molecule has 8 nitrogen and oxygen atoms in total. The molecule has 0 bridgehead atoms. The van der Waals surface area contributed by atoms with Crippen molar-refractivity contribution in [2.24, 2.45) is 0 Å². The number of unbranched alkanes of at least 4 members (excludes halogenated alkanes) is 1. The second kappa shape index (κ2) is 11.2. The summed E-state index contributed by atoms with van der Waals surface area (Å²) in [5.74, 6) is 0.537. The molecule has 0 atom stereocenters. The third kappa shape index (κ3) is 5.14. The lowest BCUT2D eigenvalue weighted by Crippen LogP contribution is -2.25. The topological polar surface area (TPSA) is 94.3 Å². The molecule has 5 rings (SSSR count). The number of aromatic nitrogens is 7. The van der Waals surface area contributed by atoms with Gasteiger partial charge in [0.2, 0.25) is 5.82 Å². The van der Waals surface area contributed by atoms with Gasteiger partial charge in [0.25, 0.3) is 0 Å². The quantitative estimate of drug-likeness (QED) is 0.295. The van der Waals surface area contributed by atoms with E-state index in [4.69, 9.17) is 4.98 Å². The predicted molar refractivity (Wildman–Crippen MR) is 145 cm³/mol. The Morgan fingerprint density at radius 1 is 0.919 bits per heavy atom. The fourth-order valence-corrected chi connectivity index (χ4v) is 4.69. The summed E-state index contributed by atoms with van der Waals surface area (Å²) in [6.07, 6.45) is 8.54. The molecule has 37 heavy (non-hydrogen) atoms. The normalized spacial score (nSPS) is 11.2. The SMILES string of the molecule is CCCCc1cn(-c2ccccc2CC)c(=O)n1CCc1ccc(-c2ccccc2-c2nn[nH]n2)nc1. The lowest BCUT2D eigenvalue weighted by atomic mass is 10.0. The van der Waals surface area contributed by atoms with Gasteiger partial charge >= 0.3 is 5.69 Å². The number of pyridine rings is 1. The molecule has 0 fully saturated rings. The Balaban J connectivity index is 1.39. The number of tetrazole rings is 1. The van der Waals surface area contributed by atoms with Crippen LogP contribution in [0.2, 0.25) is 0 Å². The van der Waals surface area contributed by atoms with Gasteiger partial charge < -0.3 is 0 Å². The minimum absolute atomic E-state index is 0.0191. The number of nitrogens with zero attached hydrogens (tertiary/aromatic N) is 6. The van der Waals surface area contributed by atoms with Crippen LogP contribution in [0.15, 0.2) is 77.9 Å². The van der Waals surface area contributed by atoms with E-state index in [0.29, 0.717) is 12.4 Å². The van der Waals surface area contributed by atoms with Gasteiger partial charge in [-0.1, -0.05) is 68.8 Å². The molecule has 0 spiro atoms. The Kier molecular flexibility index (Phi) is 7.35. The van der Waals surface area contributed by atoms with Crippen molar-refractivity contribution in [3.05, 3.63) is 100 Å². The first-order valence-electron chi connectivity index (χ1n) is 12.9. The number of aromatic amines is 1. The molecular formula is C29H31N7O. The first-order valence-corrected chi connectivity index (χ1v) is 12.9. The second-order valence-corrected chi connectivity index (χ2v) is 9.09. The number of rotatable bonds is 10. The number of hydrogen-bond acceptors (Lipinski definition) is 5. The van der Waals surface area contributed by atoms with E-state index in [0.717, 1.165) is 65.9 Å². The fraction of sp³-hybridized carbons (Fsp3) is 0.276. The molecule has 1 N–H and O–H groups in total. The number of hydrogen-bond donors (Lipinski definition) is 1. The van der Waals surface area contributed by atoms with Gasteiger partial charge in [-0.2, -0.15) is 5.21 Å². The molecule has 188 valence electrons. The van der Waals surface area contributed by atoms with Crippen LogP contribution in [-0.2, 0) is 25.8 Å². The largest absolute Gasteiger partial charge is 0.332 e. The van der Waals surface area contributed by atoms with E-state index in [9.17, 15) is 4.79 Å². The third-order valence-corrected chi connectivity index (χ3v) is 6.72. The van der Waals surface area contributed by atoms with Gasteiger partial charge in [-0.15, -0.1) is 10.2 Å². The highest BCUT2D eigenvalue weighted by Gasteiger charge is 2.15. The van der Waals surface area contributed by atoms with Crippen molar-refractivity contribution >= 4 is 0 Å². The monoisotopic (exact) mass is 493 g/mol. The van der Waals surface area contributed by atoms with E-state index in [1.54, 1.807) is 0 Å². The van der Waals surface area contributed by atoms with Gasteiger partial charge in [-0.25, -0.2) is 4.79 Å². The summed E-state index contributed by atoms with van der Waals surface area (Å²) in [7, 11) is 0. The van der Waals surface area contributed by atoms with Crippen LogP contribution in [0.25, 0.3) is 28.3 Å². The van der Waals surface area contributed by atoms with E-state index < -0.39 is 0 Å². The second-order valence-electron chi connectivity index (χ2n) is 9.09. The summed E-state index contributed by atoms with van der Waals surface area (Å²) in [5, 5.41) is 14.4. The maximum Gasteiger partial charge on any atom is 0.332 e. The number of nitrogens with one attached hydrogen (secondary N) is 1. The van der Waals surface area contributed by atoms with Gasteiger partial charge in [-0.3, -0.25) is 14.1 Å². The van der Waals surface area contributed by atoms with E-state index in [-0.39, 0.29) is 5.69 Å². The van der Waals surface area contributed by atoms with E-state index >= 15 is 0 Å². The lowest BCUT2D eigenvalue weighted by molar-refractivity contribution is 0.618. The average molecular weight is 494 g/mol. The molecule has 0 aliphatic rings. The van der Waals surface area contributed by atoms with Crippen LogP contribution in [0.1, 0.15) is 43.5 Å². The van der Waals surface area contributed by atoms with E-state index in [2.05, 4.69) is 46.6 Å². The van der Waals surface area contributed by atoms with Crippen molar-refractivity contribution in [3.8, 4) is 28.3 Å². The Bertz CT molecular complexity index is 1510. The highest BCUT2D eigenvalue weighted by atomic mass is 16.1. The molecule has 0 amide bonds. The summed E-state index contributed by atoms with van der Waals surface area (Å²) in [4.78, 5) is 18.2. The zero-order valence-electron chi connectivity index (χ0n) is 21.3. The lowest BCUT2D eigenvalue weighted by Gasteiger charge is -2.09. The summed E-state index contributed by atoms with van der Waals surface area (Å²) < 4.78 is 3.75. The summed E-state index contributed by atoms with van der Waals surface area (Å²) in [6.45, 7) is 4.91. The third-order valence-electron chi connectivity index (χ3n) is 6.72. The molecular weight excluding hydrogens is 462 g/mol. The smallest absolute Gasteiger partial charge is 0.296 e. The van der Waals surface area contributed by atoms with Crippen molar-refractivity contribution in [2.75, 3.05) is 0 Å². The number of H-pyrrole nitrogens is 1. The van der Waals surface area contributed by atoms with Gasteiger partial charge in [0.05, 0.1) is 11.4 Å². The minimum atomic E-state index is 0.0191. The van der Waals surface area contributed by atoms with Gasteiger partial charge in [0.15, 0.2) is 0 Å². The van der Waals surface area contributed by atoms with Crippen molar-refractivity contribution in [2.45, 2.75) is 52.5 Å². The van der Waals surface area contributed by atoms with Crippen molar-refractivity contribution in [1.29, 1.82) is 0 Å². The van der Waals surface area contributed by atoms with Crippen LogP contribution < -0.4 is 5.69 Å². The number of imidazole rings is 1. The number of aryl methyl sites for hydroxylation is 3. The Hall–Kier alpha value is -4.33. The molecule has 0 saturated heterocycles. The zero-order valence-corrected chi connectivity index (χ0v) is 21.3. The zero-order chi connectivity index (χ0) is 25.6. The molecule has 0 radical (unpaired) electrons. The van der Waals surface area contributed by atoms with Crippen LogP contribution in [0, 0.1) is 0 Å². The van der Waals surface area contributed by atoms with Crippen LogP contribution >= 0.6 is 0 Å². The van der Waals surface area contributed by atoms with Crippen molar-refractivity contribution in [1.82, 2.24) is 34.7 Å². The van der Waals surface area contributed by atoms with Crippen molar-refractivity contribution < 1.29 is 0 Å². The molecule has 2 aromatic carbocycles. The van der Waals surface area contributed by atoms with E-state index in [1.165, 1.54) is 5.56 Å². The average Bonchev–Trinajstić information content (AvgIpc) is 3.59. The van der Waals surface area contributed by atoms with Crippen molar-refractivity contribution in [3.63, 3.8) is 0 Å². The predicted octanol–water partition coefficient (Wildman–Crippen LogP) is 5.03. The number of para-hydroxylation sites is 1. The standard InChI is InChI=1S/C29H31N7O/c1-3-5-11-23-20-36(27-14-9-6-10-22(27)4-2)29(37)35(23)18-17-21-15-16-26(30-19-21)24-12-7-8-13-25(24)28-31-33-34-32-28/h6-10,12-16,19-20H,3-5,11,17-18H2,1-2H3,(H,31,32,33,34). The molecule has 0 unspecified atom stereocenters. The van der Waals surface area contributed by atoms with E-state index in [1.807, 2.05) is 70.1 Å². The maximum absolute atomic E-state index is 13.5. The highest BCUT2D eigenvalue weighted by Crippen LogP contribution is 2.28. The Morgan fingerprint density at radius 2 is 1.73 bits per heavy atom. The summed E-state index contributed by atoms with van der Waals surface area (Å²) >= 11 is 0. The van der Waals surface area contributed by atoms with Crippen LogP contribution in [0.3, 0.4) is 0 Å². The molecule has 0 saturated carbocycles. The maximum atomic E-state index is 13.5. The van der Waals surface area contributed by atoms with Gasteiger partial charge in [0.1, 0.15) is 0 Å². The van der Waals surface area contributed by atoms with Gasteiger partial charge in [-0.05, 0) is 54.2 Å². The van der Waals surface area contributed by atoms with Crippen LogP contribution in [0.4, 0.5) is 0 Å².